The normalized spacial score (nSPS) is 10.9. The van der Waals surface area contributed by atoms with Crippen LogP contribution in [0, 0.1) is 6.92 Å². The highest BCUT2D eigenvalue weighted by Gasteiger charge is 2.01. The lowest BCUT2D eigenvalue weighted by Crippen LogP contribution is -1.92. The monoisotopic (exact) mass is 223 g/mol. The van der Waals surface area contributed by atoms with Gasteiger partial charge >= 0.3 is 0 Å². The van der Waals surface area contributed by atoms with Crippen LogP contribution in [0.2, 0.25) is 0 Å². The van der Waals surface area contributed by atoms with E-state index in [2.05, 4.69) is 55.5 Å². The van der Waals surface area contributed by atoms with Crippen LogP contribution in [0.4, 0.5) is 0 Å². The molecule has 2 aromatic rings. The molecule has 0 atom stereocenters. The number of aryl methyl sites for hydroxylation is 1. The average Bonchev–Trinajstić information content (AvgIpc) is 2.39. The van der Waals surface area contributed by atoms with Crippen molar-refractivity contribution in [3.63, 3.8) is 0 Å². The van der Waals surface area contributed by atoms with Gasteiger partial charge in [-0.1, -0.05) is 54.6 Å². The van der Waals surface area contributed by atoms with Crippen LogP contribution in [0.25, 0.3) is 17.2 Å². The number of benzene rings is 2. The van der Waals surface area contributed by atoms with Crippen molar-refractivity contribution in [3.05, 3.63) is 65.7 Å². The zero-order valence-corrected chi connectivity index (χ0v) is 10.1. The van der Waals surface area contributed by atoms with Crippen molar-refractivity contribution >= 4 is 6.08 Å². The van der Waals surface area contributed by atoms with Crippen LogP contribution < -0.4 is 5.73 Å². The lowest BCUT2D eigenvalue weighted by Gasteiger charge is -2.07. The Hall–Kier alpha value is -1.86. The molecule has 0 radical (unpaired) electrons. The number of rotatable bonds is 3. The van der Waals surface area contributed by atoms with Crippen molar-refractivity contribution in [2.24, 2.45) is 5.73 Å². The molecule has 0 heterocycles. The first-order valence-corrected chi connectivity index (χ1v) is 5.84. The van der Waals surface area contributed by atoms with E-state index in [1.807, 2.05) is 12.1 Å². The number of hydrogen-bond acceptors (Lipinski definition) is 1. The fourth-order valence-corrected chi connectivity index (χ4v) is 1.88. The molecule has 0 bridgehead atoms. The van der Waals surface area contributed by atoms with Crippen molar-refractivity contribution in [1.82, 2.24) is 0 Å². The van der Waals surface area contributed by atoms with Crippen LogP contribution in [0.1, 0.15) is 11.1 Å². The van der Waals surface area contributed by atoms with Crippen LogP contribution in [-0.4, -0.2) is 6.54 Å². The Morgan fingerprint density at radius 1 is 1.06 bits per heavy atom. The lowest BCUT2D eigenvalue weighted by atomic mass is 9.98. The summed E-state index contributed by atoms with van der Waals surface area (Å²) in [5.74, 6) is 0. The third-order valence-corrected chi connectivity index (χ3v) is 2.79. The van der Waals surface area contributed by atoms with Gasteiger partial charge in [0.25, 0.3) is 0 Å². The molecule has 0 aliphatic rings. The van der Waals surface area contributed by atoms with Gasteiger partial charge < -0.3 is 5.73 Å². The van der Waals surface area contributed by atoms with E-state index in [1.165, 1.54) is 22.3 Å². The zero-order valence-electron chi connectivity index (χ0n) is 10.1. The summed E-state index contributed by atoms with van der Waals surface area (Å²) >= 11 is 0. The molecule has 0 aliphatic heterocycles. The van der Waals surface area contributed by atoms with Gasteiger partial charge in [0.15, 0.2) is 0 Å². The highest BCUT2D eigenvalue weighted by Crippen LogP contribution is 2.24. The molecule has 0 saturated carbocycles. The second kappa shape index (κ2) is 5.46. The van der Waals surface area contributed by atoms with Gasteiger partial charge in [-0.3, -0.25) is 0 Å². The van der Waals surface area contributed by atoms with Crippen LogP contribution in [0.5, 0.6) is 0 Å². The average molecular weight is 223 g/mol. The van der Waals surface area contributed by atoms with Gasteiger partial charge in [-0.25, -0.2) is 0 Å². The molecule has 0 saturated heterocycles. The van der Waals surface area contributed by atoms with E-state index >= 15 is 0 Å². The molecule has 0 unspecified atom stereocenters. The predicted octanol–water partition coefficient (Wildman–Crippen LogP) is 3.63. The van der Waals surface area contributed by atoms with Crippen LogP contribution >= 0.6 is 0 Å². The highest BCUT2D eigenvalue weighted by molar-refractivity contribution is 5.70. The topological polar surface area (TPSA) is 26.0 Å². The van der Waals surface area contributed by atoms with E-state index in [0.717, 1.165) is 0 Å². The molecule has 0 aliphatic carbocycles. The Balaban J connectivity index is 2.43. The van der Waals surface area contributed by atoms with Crippen LogP contribution in [0.3, 0.4) is 0 Å². The van der Waals surface area contributed by atoms with Gasteiger partial charge in [-0.05, 0) is 35.2 Å². The molecule has 2 N–H and O–H groups in total. The first kappa shape index (κ1) is 11.6. The smallest absolute Gasteiger partial charge is 0.0110 e. The minimum absolute atomic E-state index is 0.578. The summed E-state index contributed by atoms with van der Waals surface area (Å²) in [7, 11) is 0. The standard InChI is InChI=1S/C16H17N/c1-13-9-10-14(6-5-11-17)12-16(13)15-7-3-2-4-8-15/h2-10,12H,11,17H2,1H3/b6-5+. The summed E-state index contributed by atoms with van der Waals surface area (Å²) in [5, 5.41) is 0. The molecular weight excluding hydrogens is 206 g/mol. The lowest BCUT2D eigenvalue weighted by molar-refractivity contribution is 1.26. The zero-order chi connectivity index (χ0) is 12.1. The Morgan fingerprint density at radius 3 is 2.53 bits per heavy atom. The van der Waals surface area contributed by atoms with Gasteiger partial charge in [-0.15, -0.1) is 0 Å². The molecule has 1 heteroatoms. The maximum absolute atomic E-state index is 5.47. The maximum Gasteiger partial charge on any atom is 0.0110 e. The van der Waals surface area contributed by atoms with Gasteiger partial charge in [-0.2, -0.15) is 0 Å². The Kier molecular flexibility index (Phi) is 3.73. The summed E-state index contributed by atoms with van der Waals surface area (Å²) in [4.78, 5) is 0. The fraction of sp³-hybridized carbons (Fsp3) is 0.125. The van der Waals surface area contributed by atoms with Gasteiger partial charge in [0.1, 0.15) is 0 Å². The SMILES string of the molecule is Cc1ccc(/C=C/CN)cc1-c1ccccc1. The molecule has 2 aromatic carbocycles. The van der Waals surface area contributed by atoms with Gasteiger partial charge in [0.2, 0.25) is 0 Å². The Morgan fingerprint density at radius 2 is 1.82 bits per heavy atom. The molecule has 86 valence electrons. The molecule has 0 amide bonds. The Labute approximate surface area is 103 Å². The van der Waals surface area contributed by atoms with Crippen molar-refractivity contribution < 1.29 is 0 Å². The summed E-state index contributed by atoms with van der Waals surface area (Å²) in [6, 6.07) is 16.9. The minimum atomic E-state index is 0.578. The van der Waals surface area contributed by atoms with E-state index < -0.39 is 0 Å². The third kappa shape index (κ3) is 2.83. The highest BCUT2D eigenvalue weighted by atomic mass is 14.5. The summed E-state index contributed by atoms with van der Waals surface area (Å²) in [6.07, 6.45) is 4.03. The first-order chi connectivity index (χ1) is 8.31. The molecule has 2 rings (SSSR count). The van der Waals surface area contributed by atoms with E-state index in [9.17, 15) is 0 Å². The second-order valence-corrected chi connectivity index (χ2v) is 4.08. The van der Waals surface area contributed by atoms with Crippen molar-refractivity contribution in [2.45, 2.75) is 6.92 Å². The van der Waals surface area contributed by atoms with E-state index in [0.29, 0.717) is 6.54 Å². The van der Waals surface area contributed by atoms with Crippen LogP contribution in [0.15, 0.2) is 54.6 Å². The minimum Gasteiger partial charge on any atom is -0.327 e. The second-order valence-electron chi connectivity index (χ2n) is 4.08. The maximum atomic E-state index is 5.47. The van der Waals surface area contributed by atoms with Crippen molar-refractivity contribution in [2.75, 3.05) is 6.54 Å². The summed E-state index contributed by atoms with van der Waals surface area (Å²) < 4.78 is 0. The molecule has 0 spiro atoms. The molecule has 17 heavy (non-hydrogen) atoms. The van der Waals surface area contributed by atoms with Gasteiger partial charge in [0.05, 0.1) is 0 Å². The van der Waals surface area contributed by atoms with E-state index in [1.54, 1.807) is 0 Å². The molecular formula is C16H17N. The van der Waals surface area contributed by atoms with E-state index in [-0.39, 0.29) is 0 Å². The fourth-order valence-electron chi connectivity index (χ4n) is 1.88. The quantitative estimate of drug-likeness (QED) is 0.844. The van der Waals surface area contributed by atoms with Crippen molar-refractivity contribution in [3.8, 4) is 11.1 Å². The summed E-state index contributed by atoms with van der Waals surface area (Å²) in [5.41, 5.74) is 10.5. The molecule has 1 nitrogen and oxygen atoms in total. The molecule has 0 fully saturated rings. The van der Waals surface area contributed by atoms with Gasteiger partial charge in [0, 0.05) is 6.54 Å². The first-order valence-electron chi connectivity index (χ1n) is 5.84. The number of nitrogens with two attached hydrogens (primary N) is 1. The van der Waals surface area contributed by atoms with Crippen molar-refractivity contribution in [1.29, 1.82) is 0 Å². The summed E-state index contributed by atoms with van der Waals surface area (Å²) in [6.45, 7) is 2.72. The van der Waals surface area contributed by atoms with E-state index in [4.69, 9.17) is 5.73 Å². The molecule has 0 aromatic heterocycles. The Bertz CT molecular complexity index is 512. The predicted molar refractivity (Wildman–Crippen MR) is 74.7 cm³/mol. The van der Waals surface area contributed by atoms with Crippen LogP contribution in [-0.2, 0) is 0 Å². The number of hydrogen-bond donors (Lipinski definition) is 1. The largest absolute Gasteiger partial charge is 0.327 e. The third-order valence-electron chi connectivity index (χ3n) is 2.79.